The van der Waals surface area contributed by atoms with Crippen molar-refractivity contribution in [1.82, 2.24) is 4.90 Å². The Bertz CT molecular complexity index is 1090. The van der Waals surface area contributed by atoms with E-state index < -0.39 is 11.1 Å². The maximum absolute atomic E-state index is 12.5. The van der Waals surface area contributed by atoms with Gasteiger partial charge in [-0.05, 0) is 43.0 Å². The number of methoxy groups -OCH3 is 1. The smallest absolute Gasteiger partial charge is 0.294 e. The molecule has 0 bridgehead atoms. The number of amides is 3. The number of anilines is 1. The Morgan fingerprint density at radius 2 is 1.97 bits per heavy atom. The Morgan fingerprint density at radius 3 is 2.65 bits per heavy atom. The predicted octanol–water partition coefficient (Wildman–Crippen LogP) is 3.69. The predicted molar refractivity (Wildman–Crippen MR) is 120 cm³/mol. The number of terminal acetylenes is 1. The van der Waals surface area contributed by atoms with E-state index in [2.05, 4.69) is 11.2 Å². The molecule has 2 aromatic rings. The number of nitrogens with one attached hydrogen (secondary N) is 1. The molecule has 0 atom stereocenters. The van der Waals surface area contributed by atoms with Gasteiger partial charge in [0, 0.05) is 11.3 Å². The van der Waals surface area contributed by atoms with E-state index in [1.54, 1.807) is 30.3 Å². The van der Waals surface area contributed by atoms with Gasteiger partial charge in [0.2, 0.25) is 0 Å². The summed E-state index contributed by atoms with van der Waals surface area (Å²) in [7, 11) is 1.47. The number of rotatable bonds is 7. The zero-order chi connectivity index (χ0) is 22.4. The Hall–Kier alpha value is -3.70. The Morgan fingerprint density at radius 1 is 1.23 bits per heavy atom. The van der Waals surface area contributed by atoms with Crippen LogP contribution in [0.1, 0.15) is 11.1 Å². The van der Waals surface area contributed by atoms with Crippen molar-refractivity contribution in [3.05, 3.63) is 58.5 Å². The molecule has 3 amide bonds. The topological polar surface area (TPSA) is 84.9 Å². The van der Waals surface area contributed by atoms with Gasteiger partial charge in [-0.15, -0.1) is 6.42 Å². The van der Waals surface area contributed by atoms with Gasteiger partial charge in [0.1, 0.15) is 0 Å². The molecule has 158 valence electrons. The second-order valence-corrected chi connectivity index (χ2v) is 7.55. The molecule has 2 aromatic carbocycles. The molecule has 1 saturated heterocycles. The summed E-state index contributed by atoms with van der Waals surface area (Å²) in [6, 6.07) is 12.5. The number of hydrogen-bond donors (Lipinski definition) is 1. The number of para-hydroxylation sites is 1. The van der Waals surface area contributed by atoms with E-state index in [-0.39, 0.29) is 29.7 Å². The molecule has 1 fully saturated rings. The van der Waals surface area contributed by atoms with Crippen LogP contribution in [0.3, 0.4) is 0 Å². The Labute approximate surface area is 184 Å². The fourth-order valence-corrected chi connectivity index (χ4v) is 3.63. The summed E-state index contributed by atoms with van der Waals surface area (Å²) in [4.78, 5) is 38.0. The van der Waals surface area contributed by atoms with Gasteiger partial charge >= 0.3 is 0 Å². The molecule has 0 spiro atoms. The van der Waals surface area contributed by atoms with Crippen molar-refractivity contribution in [1.29, 1.82) is 0 Å². The zero-order valence-corrected chi connectivity index (χ0v) is 17.8. The highest BCUT2D eigenvalue weighted by atomic mass is 32.2. The standard InChI is InChI=1S/C23H20N2O5S/c1-4-12-25-22(27)19(31-23(25)28)13-16-6-5-7-18(29-3)21(16)30-14-20(26)24-17-10-8-15(2)9-11-17/h1,5-11,13H,12,14H2,2-3H3,(H,24,26)/b19-13+. The molecule has 0 aromatic heterocycles. The third kappa shape index (κ3) is 5.27. The molecular weight excluding hydrogens is 416 g/mol. The Balaban J connectivity index is 1.79. The molecule has 1 heterocycles. The van der Waals surface area contributed by atoms with E-state index in [9.17, 15) is 14.4 Å². The van der Waals surface area contributed by atoms with E-state index in [1.165, 1.54) is 13.2 Å². The number of aryl methyl sites for hydroxylation is 1. The SMILES string of the molecule is C#CCN1C(=O)S/C(=C/c2cccc(OC)c2OCC(=O)Nc2ccc(C)cc2)C1=O. The first-order chi connectivity index (χ1) is 14.9. The van der Waals surface area contributed by atoms with Crippen molar-refractivity contribution in [2.24, 2.45) is 0 Å². The van der Waals surface area contributed by atoms with Crippen LogP contribution < -0.4 is 14.8 Å². The first-order valence-corrected chi connectivity index (χ1v) is 10.1. The number of imide groups is 1. The highest BCUT2D eigenvalue weighted by molar-refractivity contribution is 8.18. The fraction of sp³-hybridized carbons (Fsp3) is 0.174. The molecule has 0 radical (unpaired) electrons. The monoisotopic (exact) mass is 436 g/mol. The van der Waals surface area contributed by atoms with Gasteiger partial charge in [-0.3, -0.25) is 19.3 Å². The van der Waals surface area contributed by atoms with Gasteiger partial charge in [0.25, 0.3) is 17.1 Å². The third-order valence-corrected chi connectivity index (χ3v) is 5.23. The van der Waals surface area contributed by atoms with E-state index >= 15 is 0 Å². The summed E-state index contributed by atoms with van der Waals surface area (Å²) in [5.74, 6) is 2.14. The van der Waals surface area contributed by atoms with Crippen molar-refractivity contribution < 1.29 is 23.9 Å². The number of hydrogen-bond acceptors (Lipinski definition) is 6. The van der Waals surface area contributed by atoms with Crippen LogP contribution in [0.2, 0.25) is 0 Å². The minimum Gasteiger partial charge on any atom is -0.493 e. The Kier molecular flexibility index (Phi) is 7.00. The molecule has 0 unspecified atom stereocenters. The number of carbonyl (C=O) groups excluding carboxylic acids is 3. The highest BCUT2D eigenvalue weighted by Gasteiger charge is 2.34. The average molecular weight is 436 g/mol. The van der Waals surface area contributed by atoms with Gasteiger partial charge in [-0.25, -0.2) is 0 Å². The van der Waals surface area contributed by atoms with Crippen molar-refractivity contribution >= 4 is 40.6 Å². The summed E-state index contributed by atoms with van der Waals surface area (Å²) in [5, 5.41) is 2.32. The van der Waals surface area contributed by atoms with Crippen LogP contribution >= 0.6 is 11.8 Å². The number of benzene rings is 2. The maximum Gasteiger partial charge on any atom is 0.294 e. The number of ether oxygens (including phenoxy) is 2. The number of nitrogens with zero attached hydrogens (tertiary/aromatic N) is 1. The van der Waals surface area contributed by atoms with E-state index in [0.29, 0.717) is 17.0 Å². The molecule has 3 rings (SSSR count). The molecular formula is C23H20N2O5S. The van der Waals surface area contributed by atoms with Crippen LogP contribution in [0, 0.1) is 19.3 Å². The lowest BCUT2D eigenvalue weighted by Gasteiger charge is -2.14. The van der Waals surface area contributed by atoms with Crippen molar-refractivity contribution in [3.8, 4) is 23.8 Å². The third-order valence-electron chi connectivity index (χ3n) is 4.32. The van der Waals surface area contributed by atoms with Crippen molar-refractivity contribution in [2.45, 2.75) is 6.92 Å². The van der Waals surface area contributed by atoms with E-state index in [0.717, 1.165) is 22.2 Å². The fourth-order valence-electron chi connectivity index (χ4n) is 2.80. The summed E-state index contributed by atoms with van der Waals surface area (Å²) in [5.41, 5.74) is 2.23. The molecule has 0 saturated carbocycles. The average Bonchev–Trinajstić information content (AvgIpc) is 3.02. The van der Waals surface area contributed by atoms with Crippen LogP contribution in [0.4, 0.5) is 10.5 Å². The number of carbonyl (C=O) groups is 3. The molecule has 1 aliphatic rings. The summed E-state index contributed by atoms with van der Waals surface area (Å²) < 4.78 is 11.1. The molecule has 7 nitrogen and oxygen atoms in total. The quantitative estimate of drug-likeness (QED) is 0.526. The summed E-state index contributed by atoms with van der Waals surface area (Å²) >= 11 is 0.793. The number of thioether (sulfide) groups is 1. The molecule has 1 aliphatic heterocycles. The lowest BCUT2D eigenvalue weighted by molar-refractivity contribution is -0.122. The second-order valence-electron chi connectivity index (χ2n) is 6.55. The van der Waals surface area contributed by atoms with Gasteiger partial charge in [0.05, 0.1) is 18.6 Å². The molecule has 1 N–H and O–H groups in total. The first kappa shape index (κ1) is 22.0. The van der Waals surface area contributed by atoms with Crippen LogP contribution in [0.5, 0.6) is 11.5 Å². The van der Waals surface area contributed by atoms with Gasteiger partial charge in [0.15, 0.2) is 18.1 Å². The molecule has 0 aliphatic carbocycles. The van der Waals surface area contributed by atoms with Crippen LogP contribution in [0.15, 0.2) is 47.4 Å². The molecule has 8 heteroatoms. The normalized spacial score (nSPS) is 14.5. The van der Waals surface area contributed by atoms with Crippen molar-refractivity contribution in [2.75, 3.05) is 25.6 Å². The lowest BCUT2D eigenvalue weighted by Crippen LogP contribution is -2.28. The summed E-state index contributed by atoms with van der Waals surface area (Å²) in [6.07, 6.45) is 6.75. The van der Waals surface area contributed by atoms with Gasteiger partial charge in [-0.2, -0.15) is 0 Å². The van der Waals surface area contributed by atoms with Crippen LogP contribution in [-0.2, 0) is 9.59 Å². The second kappa shape index (κ2) is 9.87. The summed E-state index contributed by atoms with van der Waals surface area (Å²) in [6.45, 7) is 1.59. The highest BCUT2D eigenvalue weighted by Crippen LogP contribution is 2.37. The largest absolute Gasteiger partial charge is 0.493 e. The molecule has 31 heavy (non-hydrogen) atoms. The maximum atomic E-state index is 12.5. The van der Waals surface area contributed by atoms with E-state index in [4.69, 9.17) is 15.9 Å². The zero-order valence-electron chi connectivity index (χ0n) is 17.0. The van der Waals surface area contributed by atoms with Crippen LogP contribution in [-0.4, -0.2) is 42.2 Å². The minimum atomic E-state index is -0.473. The minimum absolute atomic E-state index is 0.0946. The van der Waals surface area contributed by atoms with Crippen LogP contribution in [0.25, 0.3) is 6.08 Å². The lowest BCUT2D eigenvalue weighted by atomic mass is 10.1. The van der Waals surface area contributed by atoms with Crippen molar-refractivity contribution in [3.63, 3.8) is 0 Å². The first-order valence-electron chi connectivity index (χ1n) is 9.28. The van der Waals surface area contributed by atoms with Gasteiger partial charge in [-0.1, -0.05) is 35.7 Å². The van der Waals surface area contributed by atoms with E-state index in [1.807, 2.05) is 19.1 Å². The van der Waals surface area contributed by atoms with Gasteiger partial charge < -0.3 is 14.8 Å².